The van der Waals surface area contributed by atoms with Gasteiger partial charge in [0.2, 0.25) is 11.8 Å². The van der Waals surface area contributed by atoms with Gasteiger partial charge in [0.15, 0.2) is 0 Å². The van der Waals surface area contributed by atoms with Crippen LogP contribution in [0.4, 0.5) is 5.69 Å². The highest BCUT2D eigenvalue weighted by atomic mass is 16.5. The number of ether oxygens (including phenoxy) is 1. The number of aromatic nitrogens is 1. The van der Waals surface area contributed by atoms with E-state index in [-0.39, 0.29) is 41.2 Å². The predicted molar refractivity (Wildman–Crippen MR) is 82.4 cm³/mol. The molecule has 1 aromatic rings. The molecule has 0 saturated carbocycles. The van der Waals surface area contributed by atoms with Crippen molar-refractivity contribution < 1.29 is 14.3 Å². The van der Waals surface area contributed by atoms with Gasteiger partial charge in [-0.2, -0.15) is 5.26 Å². The molecular weight excluding hydrogens is 298 g/mol. The van der Waals surface area contributed by atoms with Crippen molar-refractivity contribution in [2.24, 2.45) is 11.7 Å². The summed E-state index contributed by atoms with van der Waals surface area (Å²) in [7, 11) is 0. The first-order valence-corrected chi connectivity index (χ1v) is 7.39. The minimum Gasteiger partial charge on any atom is -0.477 e. The second-order valence-corrected chi connectivity index (χ2v) is 5.31. The molecule has 2 amide bonds. The molecule has 1 unspecified atom stereocenters. The van der Waals surface area contributed by atoms with Crippen LogP contribution in [0.5, 0.6) is 5.88 Å². The molecule has 2 rings (SSSR count). The van der Waals surface area contributed by atoms with E-state index in [1.165, 1.54) is 11.0 Å². The molecular formula is C15H19N5O3. The van der Waals surface area contributed by atoms with Crippen LogP contribution in [0, 0.1) is 17.2 Å². The maximum atomic E-state index is 12.6. The predicted octanol–water partition coefficient (Wildman–Crippen LogP) is 0.272. The monoisotopic (exact) mass is 317 g/mol. The third-order valence-electron chi connectivity index (χ3n) is 3.74. The SMILES string of the molecule is CCOc1nc(C(=O)N2CCCC(C(N)=O)C2)cc(N)c1C#N. The van der Waals surface area contributed by atoms with Gasteiger partial charge < -0.3 is 21.1 Å². The van der Waals surface area contributed by atoms with Crippen molar-refractivity contribution in [3.63, 3.8) is 0 Å². The highest BCUT2D eigenvalue weighted by Crippen LogP contribution is 2.25. The van der Waals surface area contributed by atoms with Gasteiger partial charge in [-0.05, 0) is 25.8 Å². The van der Waals surface area contributed by atoms with Gasteiger partial charge in [-0.25, -0.2) is 4.98 Å². The number of nitriles is 1. The van der Waals surface area contributed by atoms with E-state index < -0.39 is 5.91 Å². The van der Waals surface area contributed by atoms with E-state index in [2.05, 4.69) is 4.98 Å². The Hall–Kier alpha value is -2.82. The molecule has 0 aromatic carbocycles. The van der Waals surface area contributed by atoms with E-state index in [9.17, 15) is 9.59 Å². The van der Waals surface area contributed by atoms with E-state index in [1.54, 1.807) is 6.92 Å². The van der Waals surface area contributed by atoms with E-state index in [1.807, 2.05) is 6.07 Å². The van der Waals surface area contributed by atoms with Crippen LogP contribution < -0.4 is 16.2 Å². The molecule has 1 aromatic heterocycles. The Balaban J connectivity index is 2.29. The fraction of sp³-hybridized carbons (Fsp3) is 0.467. The Kier molecular flexibility index (Phi) is 5.01. The van der Waals surface area contributed by atoms with Crippen LogP contribution in [0.15, 0.2) is 6.07 Å². The molecule has 1 aliphatic heterocycles. The van der Waals surface area contributed by atoms with Gasteiger partial charge in [-0.1, -0.05) is 0 Å². The van der Waals surface area contributed by atoms with Crippen molar-refractivity contribution in [3.05, 3.63) is 17.3 Å². The van der Waals surface area contributed by atoms with E-state index in [0.717, 1.165) is 0 Å². The number of primary amides is 1. The molecule has 8 heteroatoms. The molecule has 0 bridgehead atoms. The van der Waals surface area contributed by atoms with E-state index >= 15 is 0 Å². The summed E-state index contributed by atoms with van der Waals surface area (Å²) < 4.78 is 5.29. The van der Waals surface area contributed by atoms with Crippen LogP contribution in [0.3, 0.4) is 0 Å². The van der Waals surface area contributed by atoms with Gasteiger partial charge in [0, 0.05) is 13.1 Å². The number of hydrogen-bond donors (Lipinski definition) is 2. The second kappa shape index (κ2) is 6.96. The molecule has 0 aliphatic carbocycles. The van der Waals surface area contributed by atoms with Crippen molar-refractivity contribution in [2.75, 3.05) is 25.4 Å². The fourth-order valence-electron chi connectivity index (χ4n) is 2.56. The molecule has 0 radical (unpaired) electrons. The van der Waals surface area contributed by atoms with Crippen LogP contribution in [-0.4, -0.2) is 41.4 Å². The average Bonchev–Trinajstić information content (AvgIpc) is 2.54. The number of likely N-dealkylation sites (tertiary alicyclic amines) is 1. The highest BCUT2D eigenvalue weighted by molar-refractivity contribution is 5.94. The number of carbonyl (C=O) groups excluding carboxylic acids is 2. The first-order valence-electron chi connectivity index (χ1n) is 7.39. The molecule has 1 saturated heterocycles. The summed E-state index contributed by atoms with van der Waals surface area (Å²) >= 11 is 0. The number of pyridine rings is 1. The lowest BCUT2D eigenvalue weighted by molar-refractivity contribution is -0.123. The van der Waals surface area contributed by atoms with Crippen LogP contribution in [0.25, 0.3) is 0 Å². The van der Waals surface area contributed by atoms with Crippen molar-refractivity contribution in [1.82, 2.24) is 9.88 Å². The maximum absolute atomic E-state index is 12.6. The number of piperidine rings is 1. The first kappa shape index (κ1) is 16.5. The van der Waals surface area contributed by atoms with Crippen molar-refractivity contribution >= 4 is 17.5 Å². The number of carbonyl (C=O) groups is 2. The molecule has 1 fully saturated rings. The smallest absolute Gasteiger partial charge is 0.272 e. The van der Waals surface area contributed by atoms with Gasteiger partial charge in [0.1, 0.15) is 17.3 Å². The zero-order valence-corrected chi connectivity index (χ0v) is 12.9. The summed E-state index contributed by atoms with van der Waals surface area (Å²) in [5, 5.41) is 9.10. The lowest BCUT2D eigenvalue weighted by Crippen LogP contribution is -2.44. The summed E-state index contributed by atoms with van der Waals surface area (Å²) in [6.07, 6.45) is 1.37. The Labute approximate surface area is 134 Å². The van der Waals surface area contributed by atoms with Crippen LogP contribution in [0.1, 0.15) is 35.8 Å². The second-order valence-electron chi connectivity index (χ2n) is 5.31. The van der Waals surface area contributed by atoms with Crippen molar-refractivity contribution in [2.45, 2.75) is 19.8 Å². The van der Waals surface area contributed by atoms with Crippen LogP contribution in [0.2, 0.25) is 0 Å². The number of amides is 2. The minimum atomic E-state index is -0.412. The molecule has 23 heavy (non-hydrogen) atoms. The standard InChI is InChI=1S/C15H19N5O3/c1-2-23-14-10(7-16)11(17)6-12(19-14)15(22)20-5-3-4-9(8-20)13(18)21/h6,9H,2-5,8H2,1H3,(H2,17,19)(H2,18,21). The number of nitrogen functional groups attached to an aromatic ring is 1. The van der Waals surface area contributed by atoms with Crippen molar-refractivity contribution in [1.29, 1.82) is 5.26 Å². The summed E-state index contributed by atoms with van der Waals surface area (Å²) in [4.78, 5) is 29.6. The average molecular weight is 317 g/mol. The molecule has 2 heterocycles. The van der Waals surface area contributed by atoms with Gasteiger partial charge >= 0.3 is 0 Å². The quantitative estimate of drug-likeness (QED) is 0.818. The number of rotatable bonds is 4. The molecule has 122 valence electrons. The topological polar surface area (TPSA) is 135 Å². The Morgan fingerprint density at radius 3 is 2.91 bits per heavy atom. The summed E-state index contributed by atoms with van der Waals surface area (Å²) in [6.45, 7) is 2.83. The number of anilines is 1. The summed E-state index contributed by atoms with van der Waals surface area (Å²) in [5.74, 6) is -1.07. The third kappa shape index (κ3) is 3.51. The number of nitrogens with zero attached hydrogens (tertiary/aromatic N) is 3. The Morgan fingerprint density at radius 1 is 1.57 bits per heavy atom. The zero-order chi connectivity index (χ0) is 17.0. The summed E-state index contributed by atoms with van der Waals surface area (Å²) in [5.41, 5.74) is 11.5. The van der Waals surface area contributed by atoms with E-state index in [0.29, 0.717) is 26.0 Å². The number of hydrogen-bond acceptors (Lipinski definition) is 6. The van der Waals surface area contributed by atoms with E-state index in [4.69, 9.17) is 21.5 Å². The van der Waals surface area contributed by atoms with Gasteiger partial charge in [0.05, 0.1) is 18.2 Å². The largest absolute Gasteiger partial charge is 0.477 e. The van der Waals surface area contributed by atoms with Gasteiger partial charge in [-0.15, -0.1) is 0 Å². The van der Waals surface area contributed by atoms with Crippen LogP contribution >= 0.6 is 0 Å². The minimum absolute atomic E-state index is 0.0433. The fourth-order valence-corrected chi connectivity index (χ4v) is 2.56. The number of nitrogens with two attached hydrogens (primary N) is 2. The van der Waals surface area contributed by atoms with Crippen LogP contribution in [-0.2, 0) is 4.79 Å². The lowest BCUT2D eigenvalue weighted by atomic mass is 9.97. The third-order valence-corrected chi connectivity index (χ3v) is 3.74. The normalized spacial score (nSPS) is 17.4. The Morgan fingerprint density at radius 2 is 2.30 bits per heavy atom. The molecule has 4 N–H and O–H groups in total. The highest BCUT2D eigenvalue weighted by Gasteiger charge is 2.29. The maximum Gasteiger partial charge on any atom is 0.272 e. The Bertz CT molecular complexity index is 668. The molecule has 0 spiro atoms. The van der Waals surface area contributed by atoms with Gasteiger partial charge in [0.25, 0.3) is 5.91 Å². The summed E-state index contributed by atoms with van der Waals surface area (Å²) in [6, 6.07) is 3.28. The molecule has 8 nitrogen and oxygen atoms in total. The lowest BCUT2D eigenvalue weighted by Gasteiger charge is -2.31. The van der Waals surface area contributed by atoms with Crippen molar-refractivity contribution in [3.8, 4) is 11.9 Å². The molecule has 1 atom stereocenters. The van der Waals surface area contributed by atoms with Gasteiger partial charge in [-0.3, -0.25) is 9.59 Å². The zero-order valence-electron chi connectivity index (χ0n) is 12.9. The molecule has 1 aliphatic rings. The first-order chi connectivity index (χ1) is 11.0.